The summed E-state index contributed by atoms with van der Waals surface area (Å²) in [4.78, 5) is 18.3. The van der Waals surface area contributed by atoms with Crippen molar-refractivity contribution >= 4 is 11.9 Å². The van der Waals surface area contributed by atoms with Gasteiger partial charge in [-0.15, -0.1) is 0 Å². The molecule has 1 aromatic carbocycles. The molecule has 2 rings (SSSR count). The number of likely N-dealkylation sites (tertiary alicyclic amines) is 1. The molecule has 156 valence electrons. The highest BCUT2D eigenvalue weighted by molar-refractivity contribution is 5.79. The predicted octanol–water partition coefficient (Wildman–Crippen LogP) is 3.07. The number of amides is 1. The van der Waals surface area contributed by atoms with Gasteiger partial charge in [-0.3, -0.25) is 4.79 Å². The largest absolute Gasteiger partial charge is 0.381 e. The highest BCUT2D eigenvalue weighted by Gasteiger charge is 2.19. The van der Waals surface area contributed by atoms with E-state index in [4.69, 9.17) is 4.74 Å². The summed E-state index contributed by atoms with van der Waals surface area (Å²) < 4.78 is 5.59. The van der Waals surface area contributed by atoms with E-state index in [1.165, 1.54) is 12.0 Å². The first-order chi connectivity index (χ1) is 13.7. The number of carbonyl (C=O) groups excluding carboxylic acids is 1. The Morgan fingerprint density at radius 2 is 1.86 bits per heavy atom. The van der Waals surface area contributed by atoms with Crippen LogP contribution in [0.4, 0.5) is 0 Å². The number of carbonyl (C=O) groups is 1. The number of rotatable bonds is 12. The van der Waals surface area contributed by atoms with Gasteiger partial charge in [-0.2, -0.15) is 0 Å². The van der Waals surface area contributed by atoms with E-state index >= 15 is 0 Å². The summed E-state index contributed by atoms with van der Waals surface area (Å²) in [5.41, 5.74) is 2.34. The van der Waals surface area contributed by atoms with Crippen LogP contribution < -0.4 is 10.6 Å². The maximum Gasteiger partial charge on any atom is 0.222 e. The second kappa shape index (κ2) is 13.2. The summed E-state index contributed by atoms with van der Waals surface area (Å²) in [5, 5.41) is 6.64. The van der Waals surface area contributed by atoms with Crippen LogP contribution in [-0.4, -0.2) is 49.6 Å². The molecule has 0 atom stereocenters. The van der Waals surface area contributed by atoms with Crippen LogP contribution in [0.3, 0.4) is 0 Å². The van der Waals surface area contributed by atoms with Gasteiger partial charge in [0.2, 0.25) is 5.91 Å². The third-order valence-corrected chi connectivity index (χ3v) is 4.73. The lowest BCUT2D eigenvalue weighted by molar-refractivity contribution is -0.128. The molecule has 0 bridgehead atoms. The normalized spacial score (nSPS) is 14.6. The number of unbranched alkanes of at least 4 members (excludes halogenated alkanes) is 1. The van der Waals surface area contributed by atoms with Gasteiger partial charge in [0.1, 0.15) is 0 Å². The van der Waals surface area contributed by atoms with Gasteiger partial charge >= 0.3 is 0 Å². The maximum absolute atomic E-state index is 11.7. The van der Waals surface area contributed by atoms with E-state index in [0.717, 1.165) is 63.6 Å². The molecule has 6 heteroatoms. The second-order valence-corrected chi connectivity index (χ2v) is 7.18. The predicted molar refractivity (Wildman–Crippen MR) is 114 cm³/mol. The van der Waals surface area contributed by atoms with Crippen molar-refractivity contribution in [2.75, 3.05) is 32.8 Å². The molecule has 0 saturated carbocycles. The van der Waals surface area contributed by atoms with Crippen LogP contribution in [0.1, 0.15) is 57.1 Å². The molecule has 1 fully saturated rings. The lowest BCUT2D eigenvalue weighted by Gasteiger charge is -2.15. The van der Waals surface area contributed by atoms with Gasteiger partial charge in [0.25, 0.3) is 0 Å². The maximum atomic E-state index is 11.7. The van der Waals surface area contributed by atoms with E-state index in [-0.39, 0.29) is 5.91 Å². The minimum Gasteiger partial charge on any atom is -0.381 e. The fraction of sp³-hybridized carbons (Fsp3) is 0.636. The van der Waals surface area contributed by atoms with E-state index in [0.29, 0.717) is 19.5 Å². The molecular weight excluding hydrogens is 352 g/mol. The number of ether oxygens (including phenoxy) is 1. The lowest BCUT2D eigenvalue weighted by Crippen LogP contribution is -2.38. The Hall–Kier alpha value is -2.08. The average molecular weight is 389 g/mol. The Morgan fingerprint density at radius 3 is 2.54 bits per heavy atom. The zero-order valence-electron chi connectivity index (χ0n) is 17.5. The van der Waals surface area contributed by atoms with Crippen LogP contribution in [0.15, 0.2) is 29.3 Å². The summed E-state index contributed by atoms with van der Waals surface area (Å²) in [6, 6.07) is 8.41. The van der Waals surface area contributed by atoms with Gasteiger partial charge in [-0.05, 0) is 37.3 Å². The van der Waals surface area contributed by atoms with Crippen molar-refractivity contribution in [1.29, 1.82) is 0 Å². The molecule has 1 aliphatic heterocycles. The summed E-state index contributed by atoms with van der Waals surface area (Å²) in [6.45, 7) is 9.79. The smallest absolute Gasteiger partial charge is 0.222 e. The molecular formula is C22H36N4O2. The average Bonchev–Trinajstić information content (AvgIpc) is 3.11. The zero-order valence-corrected chi connectivity index (χ0v) is 17.5. The minimum absolute atomic E-state index is 0.269. The van der Waals surface area contributed by atoms with Gasteiger partial charge < -0.3 is 20.3 Å². The summed E-state index contributed by atoms with van der Waals surface area (Å²) in [7, 11) is 0. The molecule has 1 aliphatic rings. The molecule has 1 amide bonds. The van der Waals surface area contributed by atoms with Crippen LogP contribution in [0.2, 0.25) is 0 Å². The third-order valence-electron chi connectivity index (χ3n) is 4.73. The Labute approximate surface area is 169 Å². The monoisotopic (exact) mass is 388 g/mol. The molecule has 1 heterocycles. The molecule has 28 heavy (non-hydrogen) atoms. The van der Waals surface area contributed by atoms with E-state index in [2.05, 4.69) is 53.7 Å². The Kier molecular flexibility index (Phi) is 10.4. The molecule has 1 aromatic rings. The summed E-state index contributed by atoms with van der Waals surface area (Å²) in [6.07, 6.45) is 4.95. The van der Waals surface area contributed by atoms with E-state index in [1.54, 1.807) is 0 Å². The number of nitrogens with one attached hydrogen (secondary N) is 2. The Morgan fingerprint density at radius 1 is 1.11 bits per heavy atom. The van der Waals surface area contributed by atoms with E-state index in [9.17, 15) is 4.79 Å². The van der Waals surface area contributed by atoms with Crippen molar-refractivity contribution in [3.8, 4) is 0 Å². The fourth-order valence-electron chi connectivity index (χ4n) is 3.08. The molecule has 2 N–H and O–H groups in total. The first-order valence-electron chi connectivity index (χ1n) is 10.7. The van der Waals surface area contributed by atoms with Crippen LogP contribution >= 0.6 is 0 Å². The van der Waals surface area contributed by atoms with Crippen molar-refractivity contribution in [1.82, 2.24) is 15.5 Å². The number of hydrogen-bond donors (Lipinski definition) is 2. The molecule has 0 aromatic heterocycles. The first-order valence-corrected chi connectivity index (χ1v) is 10.7. The lowest BCUT2D eigenvalue weighted by atomic mass is 10.1. The van der Waals surface area contributed by atoms with Gasteiger partial charge in [0, 0.05) is 45.8 Å². The van der Waals surface area contributed by atoms with Crippen LogP contribution in [-0.2, 0) is 22.6 Å². The van der Waals surface area contributed by atoms with E-state index in [1.807, 2.05) is 4.90 Å². The molecule has 0 aliphatic carbocycles. The zero-order chi connectivity index (χ0) is 20.0. The third kappa shape index (κ3) is 8.30. The van der Waals surface area contributed by atoms with Crippen molar-refractivity contribution < 1.29 is 9.53 Å². The summed E-state index contributed by atoms with van der Waals surface area (Å²) in [5.74, 6) is 1.11. The van der Waals surface area contributed by atoms with Gasteiger partial charge in [-0.1, -0.05) is 37.6 Å². The molecule has 0 spiro atoms. The fourth-order valence-corrected chi connectivity index (χ4v) is 3.08. The molecule has 0 unspecified atom stereocenters. The standard InChI is InChI=1S/C22H36N4O2/c1-3-5-15-28-16-7-13-24-22(23-4-2)25-17-19-9-11-20(12-10-19)18-26-14-6-8-21(26)27/h9-12H,3-8,13-18H2,1-2H3,(H2,23,24,25). The molecule has 0 radical (unpaired) electrons. The highest BCUT2D eigenvalue weighted by atomic mass is 16.5. The first kappa shape index (κ1) is 22.2. The number of benzene rings is 1. The van der Waals surface area contributed by atoms with Crippen LogP contribution in [0.5, 0.6) is 0 Å². The minimum atomic E-state index is 0.269. The van der Waals surface area contributed by atoms with Crippen molar-refractivity contribution in [3.05, 3.63) is 35.4 Å². The summed E-state index contributed by atoms with van der Waals surface area (Å²) >= 11 is 0. The molecule has 1 saturated heterocycles. The van der Waals surface area contributed by atoms with Crippen molar-refractivity contribution in [3.63, 3.8) is 0 Å². The Bertz CT molecular complexity index is 601. The SMILES string of the molecule is CCCCOCCCNC(=NCc1ccc(CN2CCCC2=O)cc1)NCC. The number of aliphatic imine (C=N–C) groups is 1. The van der Waals surface area contributed by atoms with Crippen LogP contribution in [0, 0.1) is 0 Å². The number of nitrogens with zero attached hydrogens (tertiary/aromatic N) is 2. The topological polar surface area (TPSA) is 66.0 Å². The Balaban J connectivity index is 1.74. The number of hydrogen-bond acceptors (Lipinski definition) is 3. The van der Waals surface area contributed by atoms with Gasteiger partial charge in [0.15, 0.2) is 5.96 Å². The quantitative estimate of drug-likeness (QED) is 0.328. The van der Waals surface area contributed by atoms with Crippen molar-refractivity contribution in [2.24, 2.45) is 4.99 Å². The highest BCUT2D eigenvalue weighted by Crippen LogP contribution is 2.15. The van der Waals surface area contributed by atoms with Gasteiger partial charge in [0.05, 0.1) is 6.54 Å². The van der Waals surface area contributed by atoms with Crippen molar-refractivity contribution in [2.45, 2.75) is 59.0 Å². The number of guanidine groups is 1. The molecule has 6 nitrogen and oxygen atoms in total. The second-order valence-electron chi connectivity index (χ2n) is 7.18. The van der Waals surface area contributed by atoms with Crippen LogP contribution in [0.25, 0.3) is 0 Å². The van der Waals surface area contributed by atoms with E-state index < -0.39 is 0 Å². The van der Waals surface area contributed by atoms with Gasteiger partial charge in [-0.25, -0.2) is 4.99 Å².